The van der Waals surface area contributed by atoms with E-state index in [4.69, 9.17) is 10.00 Å². The number of aliphatic carboxylic acids is 1. The van der Waals surface area contributed by atoms with Gasteiger partial charge in [-0.15, -0.1) is 0 Å². The number of fused-ring (bicyclic) bond motifs is 3. The minimum atomic E-state index is -1.28. The number of nitrogens with zero attached hydrogens (tertiary/aromatic N) is 1. The van der Waals surface area contributed by atoms with Crippen molar-refractivity contribution in [3.8, 4) is 17.2 Å². The number of hydrogen-bond acceptors (Lipinski definition) is 5. The first-order chi connectivity index (χ1) is 16.4. The fraction of sp³-hybridized carbons (Fsp3) is 0.385. The molecule has 0 bridgehead atoms. The molecule has 4 rings (SSSR count). The predicted molar refractivity (Wildman–Crippen MR) is 124 cm³/mol. The van der Waals surface area contributed by atoms with E-state index in [1.165, 1.54) is 0 Å². The number of carbonyl (C=O) groups excluding carboxylic acids is 2. The summed E-state index contributed by atoms with van der Waals surface area (Å²) >= 11 is 0. The molecule has 2 amide bonds. The van der Waals surface area contributed by atoms with Crippen molar-refractivity contribution in [3.05, 3.63) is 59.7 Å². The zero-order valence-electron chi connectivity index (χ0n) is 18.8. The summed E-state index contributed by atoms with van der Waals surface area (Å²) in [5.74, 6) is -1.77. The molecule has 176 valence electrons. The van der Waals surface area contributed by atoms with Crippen LogP contribution in [0.4, 0.5) is 4.79 Å². The zero-order chi connectivity index (χ0) is 24.1. The highest BCUT2D eigenvalue weighted by atomic mass is 16.5. The van der Waals surface area contributed by atoms with Gasteiger partial charge >= 0.3 is 12.1 Å². The van der Waals surface area contributed by atoms with Gasteiger partial charge in [-0.25, -0.2) is 9.59 Å². The number of carbonyl (C=O) groups is 3. The van der Waals surface area contributed by atoms with Crippen LogP contribution >= 0.6 is 0 Å². The number of benzene rings is 2. The van der Waals surface area contributed by atoms with Crippen LogP contribution in [0.2, 0.25) is 0 Å². The lowest BCUT2D eigenvalue weighted by molar-refractivity contribution is -0.152. The largest absolute Gasteiger partial charge is 0.480 e. The number of alkyl carbamates (subject to hydrolysis) is 1. The van der Waals surface area contributed by atoms with Crippen molar-refractivity contribution in [1.29, 1.82) is 5.26 Å². The van der Waals surface area contributed by atoms with Crippen LogP contribution in [0.5, 0.6) is 0 Å². The summed E-state index contributed by atoms with van der Waals surface area (Å²) in [5.41, 5.74) is 3.09. The van der Waals surface area contributed by atoms with Gasteiger partial charge < -0.3 is 20.5 Å². The van der Waals surface area contributed by atoms with Crippen LogP contribution in [0.25, 0.3) is 11.1 Å². The third-order valence-corrected chi connectivity index (χ3v) is 6.71. The van der Waals surface area contributed by atoms with Crippen LogP contribution in [0.3, 0.4) is 0 Å². The van der Waals surface area contributed by atoms with Crippen LogP contribution < -0.4 is 10.6 Å². The van der Waals surface area contributed by atoms with Gasteiger partial charge in [-0.05, 0) is 54.4 Å². The molecular formula is C26H27N3O5. The molecule has 0 spiro atoms. The molecule has 2 aliphatic carbocycles. The third-order valence-electron chi connectivity index (χ3n) is 6.71. The highest BCUT2D eigenvalue weighted by Crippen LogP contribution is 2.44. The van der Waals surface area contributed by atoms with Crippen molar-refractivity contribution in [2.75, 3.05) is 6.61 Å². The van der Waals surface area contributed by atoms with Crippen molar-refractivity contribution >= 4 is 18.0 Å². The Bertz CT molecular complexity index is 1090. The fourth-order valence-electron chi connectivity index (χ4n) is 4.68. The first kappa shape index (κ1) is 23.3. The van der Waals surface area contributed by atoms with Crippen LogP contribution in [0.15, 0.2) is 48.5 Å². The monoisotopic (exact) mass is 461 g/mol. The van der Waals surface area contributed by atoms with Crippen molar-refractivity contribution in [1.82, 2.24) is 10.6 Å². The summed E-state index contributed by atoms with van der Waals surface area (Å²) in [5, 5.41) is 23.5. The van der Waals surface area contributed by atoms with E-state index < -0.39 is 29.6 Å². The number of nitriles is 1. The van der Waals surface area contributed by atoms with E-state index in [1.807, 2.05) is 54.6 Å². The summed E-state index contributed by atoms with van der Waals surface area (Å²) in [7, 11) is 0. The molecule has 1 saturated carbocycles. The zero-order valence-corrected chi connectivity index (χ0v) is 18.8. The summed E-state index contributed by atoms with van der Waals surface area (Å²) in [6.45, 7) is 0.103. The van der Waals surface area contributed by atoms with Gasteiger partial charge in [0.2, 0.25) is 5.91 Å². The Kier molecular flexibility index (Phi) is 6.82. The Morgan fingerprint density at radius 2 is 1.71 bits per heavy atom. The molecule has 34 heavy (non-hydrogen) atoms. The Morgan fingerprint density at radius 1 is 1.09 bits per heavy atom. The summed E-state index contributed by atoms with van der Waals surface area (Å²) in [4.78, 5) is 37.1. The maximum absolute atomic E-state index is 12.8. The van der Waals surface area contributed by atoms with E-state index in [0.717, 1.165) is 22.3 Å². The first-order valence-electron chi connectivity index (χ1n) is 11.5. The highest BCUT2D eigenvalue weighted by Gasteiger charge is 2.46. The standard InChI is InChI=1S/C26H27N3O5/c27-15-6-5-12-22(23(30)29-26(24(31)32)13-7-14-26)28-25(33)34-16-21-19-10-3-1-8-17(19)18-9-2-4-11-20(18)21/h1-4,8-11,21-22H,5-7,12-14,16H2,(H,28,33)(H,29,30)(H,31,32). The van der Waals surface area contributed by atoms with E-state index in [1.54, 1.807) is 0 Å². The minimum absolute atomic E-state index is 0.103. The van der Waals surface area contributed by atoms with Crippen molar-refractivity contribution in [3.63, 3.8) is 0 Å². The fourth-order valence-corrected chi connectivity index (χ4v) is 4.68. The molecule has 2 aliphatic rings. The smallest absolute Gasteiger partial charge is 0.407 e. The van der Waals surface area contributed by atoms with Gasteiger partial charge in [-0.3, -0.25) is 4.79 Å². The molecule has 2 aromatic carbocycles. The quantitative estimate of drug-likeness (QED) is 0.488. The Labute approximate surface area is 197 Å². The van der Waals surface area contributed by atoms with E-state index in [0.29, 0.717) is 25.7 Å². The minimum Gasteiger partial charge on any atom is -0.480 e. The number of rotatable bonds is 9. The Morgan fingerprint density at radius 3 is 2.24 bits per heavy atom. The molecule has 8 nitrogen and oxygen atoms in total. The first-order valence-corrected chi connectivity index (χ1v) is 11.5. The topological polar surface area (TPSA) is 129 Å². The second kappa shape index (κ2) is 9.96. The molecule has 8 heteroatoms. The van der Waals surface area contributed by atoms with E-state index in [2.05, 4.69) is 10.6 Å². The van der Waals surface area contributed by atoms with E-state index >= 15 is 0 Å². The van der Waals surface area contributed by atoms with Gasteiger partial charge in [0.25, 0.3) is 0 Å². The van der Waals surface area contributed by atoms with Crippen molar-refractivity contribution < 1.29 is 24.2 Å². The number of nitrogens with one attached hydrogen (secondary N) is 2. The molecule has 0 saturated heterocycles. The van der Waals surface area contributed by atoms with Gasteiger partial charge in [-0.2, -0.15) is 5.26 Å². The van der Waals surface area contributed by atoms with Crippen LogP contribution in [-0.2, 0) is 14.3 Å². The van der Waals surface area contributed by atoms with Crippen LogP contribution in [0, 0.1) is 11.3 Å². The molecular weight excluding hydrogens is 434 g/mol. The van der Waals surface area contributed by atoms with E-state index in [-0.39, 0.29) is 25.4 Å². The van der Waals surface area contributed by atoms with Gasteiger partial charge in [0.05, 0.1) is 6.07 Å². The maximum Gasteiger partial charge on any atom is 0.407 e. The highest BCUT2D eigenvalue weighted by molar-refractivity contribution is 5.92. The SMILES string of the molecule is N#CCCCC(NC(=O)OCC1c2ccccc2-c2ccccc21)C(=O)NC1(C(=O)O)CCC1. The Balaban J connectivity index is 1.41. The maximum atomic E-state index is 12.8. The lowest BCUT2D eigenvalue weighted by Gasteiger charge is -2.39. The lowest BCUT2D eigenvalue weighted by Crippen LogP contribution is -2.62. The van der Waals surface area contributed by atoms with Crippen LogP contribution in [0.1, 0.15) is 55.6 Å². The number of amides is 2. The number of unbranched alkanes of at least 4 members (excludes halogenated alkanes) is 1. The molecule has 0 radical (unpaired) electrons. The average Bonchev–Trinajstić information content (AvgIpc) is 3.13. The molecule has 0 aromatic heterocycles. The van der Waals surface area contributed by atoms with Crippen molar-refractivity contribution in [2.24, 2.45) is 0 Å². The number of carboxylic acids is 1. The van der Waals surface area contributed by atoms with Gasteiger partial charge in [0, 0.05) is 12.3 Å². The second-order valence-corrected chi connectivity index (χ2v) is 8.80. The molecule has 1 fully saturated rings. The molecule has 3 N–H and O–H groups in total. The number of ether oxygens (including phenoxy) is 1. The summed E-state index contributed by atoms with van der Waals surface area (Å²) in [6, 6.07) is 17.0. The predicted octanol–water partition coefficient (Wildman–Crippen LogP) is 3.71. The van der Waals surface area contributed by atoms with Crippen LogP contribution in [-0.4, -0.2) is 41.3 Å². The number of hydrogen-bond donors (Lipinski definition) is 3. The normalized spacial score (nSPS) is 16.2. The van der Waals surface area contributed by atoms with Crippen molar-refractivity contribution in [2.45, 2.75) is 56.0 Å². The molecule has 0 aliphatic heterocycles. The third kappa shape index (κ3) is 4.60. The molecule has 1 atom stereocenters. The molecule has 2 aromatic rings. The van der Waals surface area contributed by atoms with E-state index in [9.17, 15) is 19.5 Å². The lowest BCUT2D eigenvalue weighted by atomic mass is 9.76. The van der Waals surface area contributed by atoms with Gasteiger partial charge in [0.1, 0.15) is 18.2 Å². The average molecular weight is 462 g/mol. The molecule has 1 unspecified atom stereocenters. The van der Waals surface area contributed by atoms with Gasteiger partial charge in [-0.1, -0.05) is 48.5 Å². The summed E-state index contributed by atoms with van der Waals surface area (Å²) in [6.07, 6.45) is 1.48. The second-order valence-electron chi connectivity index (χ2n) is 8.80. The number of carboxylic acid groups (broad SMARTS) is 1. The Hall–Kier alpha value is -3.86. The molecule has 0 heterocycles. The summed E-state index contributed by atoms with van der Waals surface area (Å²) < 4.78 is 5.53. The van der Waals surface area contributed by atoms with Gasteiger partial charge in [0.15, 0.2) is 0 Å².